The summed E-state index contributed by atoms with van der Waals surface area (Å²) in [7, 11) is 1.84. The number of aliphatic hydroxyl groups excluding tert-OH is 1. The molecule has 2 aromatic rings. The maximum absolute atomic E-state index is 9.00. The summed E-state index contributed by atoms with van der Waals surface area (Å²) in [4.78, 5) is 4.01. The van der Waals surface area contributed by atoms with Gasteiger partial charge in [-0.1, -0.05) is 0 Å². The molecular weight excluding hydrogens is 194 g/mol. The van der Waals surface area contributed by atoms with E-state index in [1.165, 1.54) is 0 Å². The maximum Gasteiger partial charge on any atom is 0.0995 e. The van der Waals surface area contributed by atoms with Gasteiger partial charge in [-0.15, -0.1) is 0 Å². The number of aryl methyl sites for hydroxylation is 1. The molecule has 0 aromatic carbocycles. The van der Waals surface area contributed by atoms with Crippen molar-refractivity contribution in [1.29, 1.82) is 0 Å². The van der Waals surface area contributed by atoms with Crippen molar-refractivity contribution in [2.45, 2.75) is 6.04 Å². The first-order valence-corrected chi connectivity index (χ1v) is 4.60. The second-order valence-electron chi connectivity index (χ2n) is 3.35. The number of rotatable bonds is 3. The Bertz CT molecular complexity index is 447. The van der Waals surface area contributed by atoms with Gasteiger partial charge in [-0.05, 0) is 0 Å². The third-order valence-electron chi connectivity index (χ3n) is 2.21. The SMILES string of the molecule is Cn1cc(-n2cncc2C(N)CO)cn1. The molecule has 2 heterocycles. The predicted molar refractivity (Wildman–Crippen MR) is 54.3 cm³/mol. The van der Waals surface area contributed by atoms with Crippen molar-refractivity contribution in [2.75, 3.05) is 6.61 Å². The van der Waals surface area contributed by atoms with Gasteiger partial charge in [0.05, 0.1) is 42.8 Å². The van der Waals surface area contributed by atoms with Crippen LogP contribution in [0.1, 0.15) is 11.7 Å². The van der Waals surface area contributed by atoms with E-state index in [4.69, 9.17) is 10.8 Å². The highest BCUT2D eigenvalue weighted by Crippen LogP contribution is 2.14. The Morgan fingerprint density at radius 3 is 2.93 bits per heavy atom. The summed E-state index contributed by atoms with van der Waals surface area (Å²) in [6, 6.07) is -0.423. The number of imidazole rings is 1. The van der Waals surface area contributed by atoms with Crippen molar-refractivity contribution in [1.82, 2.24) is 19.3 Å². The molecule has 0 saturated carbocycles. The zero-order valence-electron chi connectivity index (χ0n) is 8.41. The molecule has 2 rings (SSSR count). The van der Waals surface area contributed by atoms with Crippen LogP contribution in [0.15, 0.2) is 24.9 Å². The Hall–Kier alpha value is -1.66. The zero-order valence-corrected chi connectivity index (χ0v) is 8.41. The quantitative estimate of drug-likeness (QED) is 0.717. The first-order chi connectivity index (χ1) is 7.22. The minimum atomic E-state index is -0.423. The van der Waals surface area contributed by atoms with Gasteiger partial charge in [0.25, 0.3) is 0 Å². The minimum absolute atomic E-state index is 0.105. The molecule has 6 heteroatoms. The molecule has 0 aliphatic rings. The third kappa shape index (κ3) is 1.77. The zero-order chi connectivity index (χ0) is 10.8. The van der Waals surface area contributed by atoms with E-state index in [-0.39, 0.29) is 6.61 Å². The second kappa shape index (κ2) is 3.84. The highest BCUT2D eigenvalue weighted by molar-refractivity contribution is 5.29. The second-order valence-corrected chi connectivity index (χ2v) is 3.35. The fourth-order valence-electron chi connectivity index (χ4n) is 1.42. The average molecular weight is 207 g/mol. The Kier molecular flexibility index (Phi) is 2.53. The summed E-state index contributed by atoms with van der Waals surface area (Å²) in [5, 5.41) is 13.1. The van der Waals surface area contributed by atoms with E-state index in [1.54, 1.807) is 23.4 Å². The van der Waals surface area contributed by atoms with Crippen molar-refractivity contribution in [3.63, 3.8) is 0 Å². The van der Waals surface area contributed by atoms with Crippen LogP contribution in [0.2, 0.25) is 0 Å². The lowest BCUT2D eigenvalue weighted by molar-refractivity contribution is 0.265. The summed E-state index contributed by atoms with van der Waals surface area (Å²) >= 11 is 0. The van der Waals surface area contributed by atoms with E-state index in [0.717, 1.165) is 11.4 Å². The van der Waals surface area contributed by atoms with Gasteiger partial charge in [-0.25, -0.2) is 4.98 Å². The van der Waals surface area contributed by atoms with Gasteiger partial charge in [-0.3, -0.25) is 9.25 Å². The molecule has 1 unspecified atom stereocenters. The molecule has 15 heavy (non-hydrogen) atoms. The fourth-order valence-corrected chi connectivity index (χ4v) is 1.42. The van der Waals surface area contributed by atoms with Crippen molar-refractivity contribution in [3.05, 3.63) is 30.6 Å². The lowest BCUT2D eigenvalue weighted by atomic mass is 10.2. The number of hydrogen-bond donors (Lipinski definition) is 2. The minimum Gasteiger partial charge on any atom is -0.394 e. The lowest BCUT2D eigenvalue weighted by Crippen LogP contribution is -2.17. The van der Waals surface area contributed by atoms with Crippen molar-refractivity contribution >= 4 is 0 Å². The monoisotopic (exact) mass is 207 g/mol. The molecule has 0 radical (unpaired) electrons. The molecule has 3 N–H and O–H groups in total. The first-order valence-electron chi connectivity index (χ1n) is 4.60. The van der Waals surface area contributed by atoms with Crippen LogP contribution in [-0.2, 0) is 7.05 Å². The van der Waals surface area contributed by atoms with E-state index < -0.39 is 6.04 Å². The van der Waals surface area contributed by atoms with E-state index in [0.29, 0.717) is 0 Å². The molecule has 0 amide bonds. The van der Waals surface area contributed by atoms with E-state index >= 15 is 0 Å². The third-order valence-corrected chi connectivity index (χ3v) is 2.21. The Morgan fingerprint density at radius 1 is 1.53 bits per heavy atom. The van der Waals surface area contributed by atoms with Crippen LogP contribution in [-0.4, -0.2) is 31.0 Å². The summed E-state index contributed by atoms with van der Waals surface area (Å²) in [5.41, 5.74) is 7.40. The molecule has 0 saturated heterocycles. The molecule has 6 nitrogen and oxygen atoms in total. The molecule has 0 spiro atoms. The maximum atomic E-state index is 9.00. The first kappa shape index (κ1) is 9.88. The molecule has 0 aliphatic heterocycles. The summed E-state index contributed by atoms with van der Waals surface area (Å²) < 4.78 is 3.51. The summed E-state index contributed by atoms with van der Waals surface area (Å²) in [6.45, 7) is -0.105. The fraction of sp³-hybridized carbons (Fsp3) is 0.333. The molecule has 0 bridgehead atoms. The predicted octanol–water partition coefficient (Wildman–Crippen LogP) is -0.402. The highest BCUT2D eigenvalue weighted by Gasteiger charge is 2.12. The standard InChI is InChI=1S/C9H13N5O/c1-13-4-7(2-12-13)14-6-11-3-9(14)8(10)5-15/h2-4,6,8,15H,5,10H2,1H3. The van der Waals surface area contributed by atoms with Crippen LogP contribution < -0.4 is 5.73 Å². The number of nitrogens with two attached hydrogens (primary N) is 1. The van der Waals surface area contributed by atoms with Gasteiger partial charge in [-0.2, -0.15) is 5.10 Å². The van der Waals surface area contributed by atoms with Crippen LogP contribution >= 0.6 is 0 Å². The Labute approximate surface area is 87.0 Å². The molecule has 2 aromatic heterocycles. The Morgan fingerprint density at radius 2 is 2.33 bits per heavy atom. The van der Waals surface area contributed by atoms with E-state index in [9.17, 15) is 0 Å². The van der Waals surface area contributed by atoms with Crippen LogP contribution in [0.5, 0.6) is 0 Å². The van der Waals surface area contributed by atoms with Crippen LogP contribution in [0.4, 0.5) is 0 Å². The van der Waals surface area contributed by atoms with Crippen molar-refractivity contribution in [2.24, 2.45) is 12.8 Å². The molecule has 80 valence electrons. The normalized spacial score (nSPS) is 13.0. The van der Waals surface area contributed by atoms with Gasteiger partial charge in [0.2, 0.25) is 0 Å². The van der Waals surface area contributed by atoms with Gasteiger partial charge in [0.1, 0.15) is 0 Å². The molecule has 1 atom stereocenters. The van der Waals surface area contributed by atoms with E-state index in [2.05, 4.69) is 10.1 Å². The van der Waals surface area contributed by atoms with Crippen LogP contribution in [0.3, 0.4) is 0 Å². The molecular formula is C9H13N5O. The Balaban J connectivity index is 2.40. The summed E-state index contributed by atoms with van der Waals surface area (Å²) in [6.07, 6.45) is 6.88. The van der Waals surface area contributed by atoms with Gasteiger partial charge < -0.3 is 10.8 Å². The van der Waals surface area contributed by atoms with Gasteiger partial charge >= 0.3 is 0 Å². The van der Waals surface area contributed by atoms with Gasteiger partial charge in [0.15, 0.2) is 0 Å². The number of nitrogens with zero attached hydrogens (tertiary/aromatic N) is 4. The average Bonchev–Trinajstić information content (AvgIpc) is 2.84. The topological polar surface area (TPSA) is 81.9 Å². The largest absolute Gasteiger partial charge is 0.394 e. The van der Waals surface area contributed by atoms with Crippen LogP contribution in [0.25, 0.3) is 5.69 Å². The number of hydrogen-bond acceptors (Lipinski definition) is 4. The number of aliphatic hydroxyl groups is 1. The molecule has 0 aliphatic carbocycles. The summed E-state index contributed by atoms with van der Waals surface area (Å²) in [5.74, 6) is 0. The van der Waals surface area contributed by atoms with Crippen molar-refractivity contribution in [3.8, 4) is 5.69 Å². The van der Waals surface area contributed by atoms with Crippen molar-refractivity contribution < 1.29 is 5.11 Å². The highest BCUT2D eigenvalue weighted by atomic mass is 16.3. The number of aromatic nitrogens is 4. The lowest BCUT2D eigenvalue weighted by Gasteiger charge is -2.10. The smallest absolute Gasteiger partial charge is 0.0995 e. The van der Waals surface area contributed by atoms with Gasteiger partial charge in [0, 0.05) is 13.2 Å². The van der Waals surface area contributed by atoms with Crippen LogP contribution in [0, 0.1) is 0 Å². The molecule has 0 fully saturated rings. The van der Waals surface area contributed by atoms with E-state index in [1.807, 2.05) is 17.8 Å².